The van der Waals surface area contributed by atoms with Gasteiger partial charge in [-0.2, -0.15) is 0 Å². The van der Waals surface area contributed by atoms with Crippen LogP contribution in [0.2, 0.25) is 0 Å². The topological polar surface area (TPSA) is 17.1 Å². The third-order valence-electron chi connectivity index (χ3n) is 3.71. The number of carbonyl (C=O) groups excluding carboxylic acids is 1. The monoisotopic (exact) mass is 272 g/mol. The van der Waals surface area contributed by atoms with Crippen LogP contribution >= 0.6 is 0 Å². The van der Waals surface area contributed by atoms with E-state index < -0.39 is 11.6 Å². The van der Waals surface area contributed by atoms with E-state index in [0.717, 1.165) is 43.0 Å². The number of ketones is 1. The molecule has 0 saturated heterocycles. The van der Waals surface area contributed by atoms with Gasteiger partial charge in [0, 0.05) is 18.1 Å². The second-order valence-corrected chi connectivity index (χ2v) is 5.21. The fourth-order valence-corrected chi connectivity index (χ4v) is 2.74. The van der Waals surface area contributed by atoms with Crippen LogP contribution in [-0.2, 0) is 19.3 Å². The molecular weight excluding hydrogens is 258 g/mol. The van der Waals surface area contributed by atoms with Crippen molar-refractivity contribution in [3.63, 3.8) is 0 Å². The lowest BCUT2D eigenvalue weighted by Gasteiger charge is -2.05. The van der Waals surface area contributed by atoms with Crippen LogP contribution in [0.3, 0.4) is 0 Å². The minimum absolute atomic E-state index is 0.0861. The summed E-state index contributed by atoms with van der Waals surface area (Å²) < 4.78 is 26.2. The van der Waals surface area contributed by atoms with E-state index in [9.17, 15) is 13.6 Å². The first kappa shape index (κ1) is 13.0. The number of halogens is 2. The minimum Gasteiger partial charge on any atom is -0.294 e. The number of aryl methyl sites for hydroxylation is 2. The first-order valence-corrected chi connectivity index (χ1v) is 6.72. The van der Waals surface area contributed by atoms with E-state index in [0.29, 0.717) is 0 Å². The highest BCUT2D eigenvalue weighted by Crippen LogP contribution is 2.23. The smallest absolute Gasteiger partial charge is 0.167 e. The number of hydrogen-bond donors (Lipinski definition) is 0. The van der Waals surface area contributed by atoms with Gasteiger partial charge in [-0.05, 0) is 48.1 Å². The number of hydrogen-bond acceptors (Lipinski definition) is 1. The lowest BCUT2D eigenvalue weighted by atomic mass is 9.99. The normalized spacial score (nSPS) is 13.3. The van der Waals surface area contributed by atoms with Gasteiger partial charge in [-0.25, -0.2) is 8.78 Å². The molecule has 0 radical (unpaired) electrons. The zero-order chi connectivity index (χ0) is 14.1. The van der Waals surface area contributed by atoms with Gasteiger partial charge in [-0.1, -0.05) is 18.2 Å². The van der Waals surface area contributed by atoms with Gasteiger partial charge in [0.25, 0.3) is 0 Å². The van der Waals surface area contributed by atoms with Crippen LogP contribution in [0.5, 0.6) is 0 Å². The molecule has 0 spiro atoms. The fourth-order valence-electron chi connectivity index (χ4n) is 2.74. The summed E-state index contributed by atoms with van der Waals surface area (Å²) in [5.74, 6) is -1.70. The van der Waals surface area contributed by atoms with Crippen LogP contribution in [0, 0.1) is 11.6 Å². The van der Waals surface area contributed by atoms with Gasteiger partial charge in [0.2, 0.25) is 0 Å². The molecule has 0 aliphatic heterocycles. The minimum atomic E-state index is -0.720. The van der Waals surface area contributed by atoms with E-state index in [1.165, 1.54) is 11.1 Å². The van der Waals surface area contributed by atoms with Gasteiger partial charge < -0.3 is 0 Å². The summed E-state index contributed by atoms with van der Waals surface area (Å²) in [7, 11) is 0. The van der Waals surface area contributed by atoms with Gasteiger partial charge in [0.05, 0.1) is 0 Å². The van der Waals surface area contributed by atoms with Crippen molar-refractivity contribution in [2.45, 2.75) is 25.7 Å². The highest BCUT2D eigenvalue weighted by Gasteiger charge is 2.14. The van der Waals surface area contributed by atoms with Crippen molar-refractivity contribution in [1.29, 1.82) is 0 Å². The molecule has 1 nitrogen and oxygen atoms in total. The van der Waals surface area contributed by atoms with Crippen molar-refractivity contribution in [2.24, 2.45) is 0 Å². The highest BCUT2D eigenvalue weighted by atomic mass is 19.1. The number of fused-ring (bicyclic) bond motifs is 1. The molecule has 0 amide bonds. The van der Waals surface area contributed by atoms with Crippen LogP contribution < -0.4 is 0 Å². The Morgan fingerprint density at radius 1 is 0.950 bits per heavy atom. The van der Waals surface area contributed by atoms with Gasteiger partial charge in [0.1, 0.15) is 11.6 Å². The van der Waals surface area contributed by atoms with E-state index in [4.69, 9.17) is 0 Å². The van der Waals surface area contributed by atoms with Crippen molar-refractivity contribution < 1.29 is 13.6 Å². The van der Waals surface area contributed by atoms with Gasteiger partial charge in [0.15, 0.2) is 5.78 Å². The molecule has 0 fully saturated rings. The SMILES string of the molecule is O=C(Cc1ccc2c(c1)CCC2)c1cc(F)cc(F)c1. The van der Waals surface area contributed by atoms with Crippen molar-refractivity contribution in [1.82, 2.24) is 0 Å². The summed E-state index contributed by atoms with van der Waals surface area (Å²) in [5.41, 5.74) is 3.63. The highest BCUT2D eigenvalue weighted by molar-refractivity contribution is 5.97. The number of carbonyl (C=O) groups is 1. The molecule has 3 heteroatoms. The van der Waals surface area contributed by atoms with E-state index in [-0.39, 0.29) is 17.8 Å². The summed E-state index contributed by atoms with van der Waals surface area (Å²) in [4.78, 5) is 12.1. The summed E-state index contributed by atoms with van der Waals surface area (Å²) in [6.07, 6.45) is 3.47. The zero-order valence-electron chi connectivity index (χ0n) is 11.0. The van der Waals surface area contributed by atoms with Gasteiger partial charge in [-0.15, -0.1) is 0 Å². The Balaban J connectivity index is 1.82. The third-order valence-corrected chi connectivity index (χ3v) is 3.71. The van der Waals surface area contributed by atoms with Crippen molar-refractivity contribution in [2.75, 3.05) is 0 Å². The Kier molecular flexibility index (Phi) is 3.35. The molecular formula is C17H14F2O. The van der Waals surface area contributed by atoms with Gasteiger partial charge >= 0.3 is 0 Å². The van der Waals surface area contributed by atoms with Crippen LogP contribution in [0.1, 0.15) is 33.5 Å². The Bertz CT molecular complexity index is 656. The fraction of sp³-hybridized carbons (Fsp3) is 0.235. The lowest BCUT2D eigenvalue weighted by molar-refractivity contribution is 0.0992. The Morgan fingerprint density at radius 3 is 2.40 bits per heavy atom. The Labute approximate surface area is 116 Å². The summed E-state index contributed by atoms with van der Waals surface area (Å²) in [6, 6.07) is 8.95. The lowest BCUT2D eigenvalue weighted by Crippen LogP contribution is -2.05. The second-order valence-electron chi connectivity index (χ2n) is 5.21. The van der Waals surface area contributed by atoms with E-state index in [1.807, 2.05) is 12.1 Å². The van der Waals surface area contributed by atoms with Crippen molar-refractivity contribution in [3.8, 4) is 0 Å². The van der Waals surface area contributed by atoms with Gasteiger partial charge in [-0.3, -0.25) is 4.79 Å². The number of rotatable bonds is 3. The molecule has 2 aromatic rings. The van der Waals surface area contributed by atoms with Crippen LogP contribution in [0.4, 0.5) is 8.78 Å². The molecule has 1 aliphatic rings. The molecule has 0 aromatic heterocycles. The molecule has 0 heterocycles. The van der Waals surface area contributed by atoms with E-state index in [1.54, 1.807) is 0 Å². The molecule has 0 atom stereocenters. The summed E-state index contributed by atoms with van der Waals surface area (Å²) in [5, 5.41) is 0. The average Bonchev–Trinajstić information content (AvgIpc) is 2.85. The number of Topliss-reactive ketones (excluding diaryl/α,β-unsaturated/α-hetero) is 1. The Morgan fingerprint density at radius 2 is 1.65 bits per heavy atom. The number of benzene rings is 2. The van der Waals surface area contributed by atoms with Crippen LogP contribution in [0.15, 0.2) is 36.4 Å². The Hall–Kier alpha value is -2.03. The third kappa shape index (κ3) is 2.62. The predicted molar refractivity (Wildman–Crippen MR) is 72.9 cm³/mol. The molecule has 2 aromatic carbocycles. The molecule has 1 aliphatic carbocycles. The largest absolute Gasteiger partial charge is 0.294 e. The maximum atomic E-state index is 13.1. The molecule has 0 unspecified atom stereocenters. The molecule has 0 bridgehead atoms. The average molecular weight is 272 g/mol. The van der Waals surface area contributed by atoms with E-state index in [2.05, 4.69) is 6.07 Å². The molecule has 0 saturated carbocycles. The maximum absolute atomic E-state index is 13.1. The first-order valence-electron chi connectivity index (χ1n) is 6.72. The summed E-state index contributed by atoms with van der Waals surface area (Å²) >= 11 is 0. The first-order chi connectivity index (χ1) is 9.61. The van der Waals surface area contributed by atoms with Crippen molar-refractivity contribution in [3.05, 3.63) is 70.3 Å². The zero-order valence-corrected chi connectivity index (χ0v) is 11.0. The molecule has 20 heavy (non-hydrogen) atoms. The standard InChI is InChI=1S/C17H14F2O/c18-15-8-14(9-16(19)10-15)17(20)7-11-4-5-12-2-1-3-13(12)6-11/h4-6,8-10H,1-3,7H2. The molecule has 0 N–H and O–H groups in total. The van der Waals surface area contributed by atoms with Crippen molar-refractivity contribution >= 4 is 5.78 Å². The predicted octanol–water partition coefficient (Wildman–Crippen LogP) is 3.88. The second kappa shape index (κ2) is 5.16. The summed E-state index contributed by atoms with van der Waals surface area (Å²) in [6.45, 7) is 0. The van der Waals surface area contributed by atoms with E-state index >= 15 is 0 Å². The van der Waals surface area contributed by atoms with Crippen LogP contribution in [0.25, 0.3) is 0 Å². The molecule has 3 rings (SSSR count). The molecule has 102 valence electrons. The quantitative estimate of drug-likeness (QED) is 0.775. The van der Waals surface area contributed by atoms with Crippen LogP contribution in [-0.4, -0.2) is 5.78 Å². The maximum Gasteiger partial charge on any atom is 0.167 e.